The minimum absolute atomic E-state index is 0.0569. The zero-order valence-corrected chi connectivity index (χ0v) is 29.9. The lowest BCUT2D eigenvalue weighted by molar-refractivity contribution is -0.146. The fourth-order valence-electron chi connectivity index (χ4n) is 5.88. The van der Waals surface area contributed by atoms with Crippen LogP contribution in [0.25, 0.3) is 11.2 Å². The van der Waals surface area contributed by atoms with Crippen LogP contribution in [0, 0.1) is 6.92 Å². The van der Waals surface area contributed by atoms with Crippen molar-refractivity contribution in [1.82, 2.24) is 24.6 Å². The fourth-order valence-corrected chi connectivity index (χ4v) is 9.21. The number of aliphatic hydroxyl groups excluding tert-OH is 1. The molecule has 0 bridgehead atoms. The van der Waals surface area contributed by atoms with E-state index in [1.165, 1.54) is 17.8 Å². The topological polar surface area (TPSA) is 208 Å². The lowest BCUT2D eigenvalue weighted by Gasteiger charge is -2.27. The van der Waals surface area contributed by atoms with E-state index < -0.39 is 58.8 Å². The van der Waals surface area contributed by atoms with Crippen LogP contribution in [-0.4, -0.2) is 68.7 Å². The number of ether oxygens (including phenoxy) is 2. The number of nitrogens with one attached hydrogen (secondary N) is 1. The molecular weight excluding hydrogens is 709 g/mol. The monoisotopic (exact) mass is 748 g/mol. The summed E-state index contributed by atoms with van der Waals surface area (Å²) in [5, 5.41) is 13.2. The largest absolute Gasteiger partial charge is 0.483 e. The highest BCUT2D eigenvalue weighted by Gasteiger charge is 2.48. The van der Waals surface area contributed by atoms with Gasteiger partial charge in [-0.3, -0.25) is 18.4 Å². The average molecular weight is 749 g/mol. The third-order valence-corrected chi connectivity index (χ3v) is 12.2. The zero-order valence-electron chi connectivity index (χ0n) is 28.1. The molecule has 3 heterocycles. The second-order valence-electron chi connectivity index (χ2n) is 12.1. The van der Waals surface area contributed by atoms with Gasteiger partial charge in [0.25, 0.3) is 0 Å². The summed E-state index contributed by atoms with van der Waals surface area (Å²) in [7, 11) is -8.65. The highest BCUT2D eigenvalue weighted by molar-refractivity contribution is 7.64. The number of hydrogen-bond donors (Lipinski definition) is 3. The molecule has 6 rings (SSSR count). The van der Waals surface area contributed by atoms with Crippen LogP contribution in [0.1, 0.15) is 48.5 Å². The molecule has 2 aromatic carbocycles. The van der Waals surface area contributed by atoms with Gasteiger partial charge in [-0.1, -0.05) is 42.5 Å². The van der Waals surface area contributed by atoms with Crippen LogP contribution in [0.3, 0.4) is 0 Å². The zero-order chi connectivity index (χ0) is 36.3. The number of aliphatic hydroxyl groups is 1. The molecule has 16 nitrogen and oxygen atoms in total. The third kappa shape index (κ3) is 8.32. The van der Waals surface area contributed by atoms with Crippen molar-refractivity contribution < 1.29 is 50.8 Å². The van der Waals surface area contributed by atoms with Gasteiger partial charge < -0.3 is 24.8 Å². The fraction of sp³-hybridized carbons (Fsp3) is 0.438. The summed E-state index contributed by atoms with van der Waals surface area (Å²) in [6, 6.07) is 12.9. The van der Waals surface area contributed by atoms with Crippen LogP contribution in [-0.2, 0) is 56.2 Å². The molecule has 3 unspecified atom stereocenters. The first-order valence-corrected chi connectivity index (χ1v) is 19.2. The van der Waals surface area contributed by atoms with Crippen molar-refractivity contribution in [2.45, 2.75) is 76.8 Å². The number of phosphoric ester groups is 1. The Morgan fingerprint density at radius 3 is 2.69 bits per heavy atom. The lowest BCUT2D eigenvalue weighted by Crippen LogP contribution is -2.35. The number of fused-ring (bicyclic) bond motifs is 2. The van der Waals surface area contributed by atoms with Gasteiger partial charge >= 0.3 is 21.5 Å². The van der Waals surface area contributed by atoms with E-state index in [-0.39, 0.29) is 29.3 Å². The Balaban J connectivity index is 1.19. The molecule has 0 radical (unpaired) electrons. The summed E-state index contributed by atoms with van der Waals surface area (Å²) in [5.74, 6) is -0.214. The van der Waals surface area contributed by atoms with Gasteiger partial charge in [-0.05, 0) is 62.3 Å². The molecule has 7 atom stereocenters. The maximum absolute atomic E-state index is 15.5. The maximum Gasteiger partial charge on any atom is 0.483 e. The van der Waals surface area contributed by atoms with E-state index in [0.29, 0.717) is 12.2 Å². The molecular formula is C32H39FN6O10P2. The summed E-state index contributed by atoms with van der Waals surface area (Å²) >= 11 is 0. The summed E-state index contributed by atoms with van der Waals surface area (Å²) < 4.78 is 78.2. The van der Waals surface area contributed by atoms with Crippen molar-refractivity contribution in [2.24, 2.45) is 0 Å². The first-order valence-electron chi connectivity index (χ1n) is 16.2. The number of aryl methyl sites for hydroxylation is 2. The number of carbonyl (C=O) groups excluding carboxylic acids is 1. The van der Waals surface area contributed by atoms with E-state index >= 15 is 4.39 Å². The Hall–Kier alpha value is -3.79. The second kappa shape index (κ2) is 15.4. The molecule has 0 spiro atoms. The van der Waals surface area contributed by atoms with Crippen LogP contribution in [0.4, 0.5) is 10.2 Å². The van der Waals surface area contributed by atoms with Crippen LogP contribution >= 0.6 is 15.6 Å². The van der Waals surface area contributed by atoms with Crippen molar-refractivity contribution in [3.05, 3.63) is 77.4 Å². The second-order valence-corrected chi connectivity index (χ2v) is 15.7. The lowest BCUT2D eigenvalue weighted by atomic mass is 9.91. The summed E-state index contributed by atoms with van der Waals surface area (Å²) in [6.07, 6.45) is -2.11. The van der Waals surface area contributed by atoms with Gasteiger partial charge in [0.2, 0.25) is 0 Å². The molecule has 2 aliphatic rings. The summed E-state index contributed by atoms with van der Waals surface area (Å²) in [6.45, 7) is 2.18. The number of esters is 1. The number of nitrogen functional groups attached to an aromatic ring is 1. The Morgan fingerprint density at radius 2 is 1.92 bits per heavy atom. The minimum atomic E-state index is -4.84. The number of hydrogen-bond acceptors (Lipinski definition) is 14. The van der Waals surface area contributed by atoms with Gasteiger partial charge in [-0.2, -0.15) is 9.40 Å². The SMILES string of the molecule is COP(=O)(OC[C@H]1O[C@@H](n2cnc3c(N)nc(C)nc32)[C@H](F)C1O)OP(=O)(N[C@@H](C)C(=O)OCc1ccccc1)Oc1cccc2c1CCCC2. The van der Waals surface area contributed by atoms with Crippen LogP contribution in [0.5, 0.6) is 5.75 Å². The van der Waals surface area contributed by atoms with Crippen molar-refractivity contribution in [3.8, 4) is 5.75 Å². The molecule has 4 aromatic rings. The Bertz CT molecular complexity index is 1970. The van der Waals surface area contributed by atoms with Crippen molar-refractivity contribution in [1.29, 1.82) is 0 Å². The molecule has 51 heavy (non-hydrogen) atoms. The first-order chi connectivity index (χ1) is 24.4. The summed E-state index contributed by atoms with van der Waals surface area (Å²) in [5.41, 5.74) is 8.83. The van der Waals surface area contributed by atoms with E-state index in [1.54, 1.807) is 43.3 Å². The van der Waals surface area contributed by atoms with Crippen LogP contribution in [0.15, 0.2) is 54.9 Å². The molecule has 274 valence electrons. The van der Waals surface area contributed by atoms with E-state index in [1.807, 2.05) is 12.1 Å². The molecule has 4 N–H and O–H groups in total. The first kappa shape index (κ1) is 37.0. The number of rotatable bonds is 14. The number of benzene rings is 2. The molecule has 2 aromatic heterocycles. The third-order valence-electron chi connectivity index (χ3n) is 8.46. The van der Waals surface area contributed by atoms with Crippen molar-refractivity contribution >= 4 is 38.5 Å². The number of nitrogens with two attached hydrogens (primary N) is 1. The summed E-state index contributed by atoms with van der Waals surface area (Å²) in [4.78, 5) is 25.4. The number of anilines is 1. The van der Waals surface area contributed by atoms with Gasteiger partial charge in [0.05, 0.1) is 12.9 Å². The number of halogens is 1. The van der Waals surface area contributed by atoms with Crippen LogP contribution in [0.2, 0.25) is 0 Å². The molecule has 1 saturated heterocycles. The number of alkyl halides is 1. The molecule has 1 aliphatic carbocycles. The van der Waals surface area contributed by atoms with Gasteiger partial charge in [-0.25, -0.2) is 28.5 Å². The molecule has 1 fully saturated rings. The quantitative estimate of drug-likeness (QED) is 0.116. The molecule has 0 saturated carbocycles. The predicted octanol–water partition coefficient (Wildman–Crippen LogP) is 4.89. The standard InChI is InChI=1S/C32H39FN6O10P2/c1-19(32(41)45-16-21-10-5-4-6-11-21)38-50(42,48-24-15-9-13-22-12-7-8-14-23(22)24)49-51(43,44-3)46-17-25-28(40)26(33)31(47-25)39-18-35-27-29(34)36-20(2)37-30(27)39/h4-6,9-11,13,15,18-19,25-26,28,31,40H,7-8,12,14,16-17H2,1-3H3,(H,38,42)(H2,34,36,37)/t19-,25+,26+,28?,31+,50?,51?/m0/s1. The smallest absolute Gasteiger partial charge is 0.460 e. The normalized spacial score (nSPS) is 23.2. The Labute approximate surface area is 293 Å². The number of imidazole rings is 1. The van der Waals surface area contributed by atoms with Crippen LogP contribution < -0.4 is 15.3 Å². The Kier molecular flexibility index (Phi) is 11.2. The minimum Gasteiger partial charge on any atom is -0.460 e. The predicted molar refractivity (Wildman–Crippen MR) is 181 cm³/mol. The van der Waals surface area contributed by atoms with E-state index in [4.69, 9.17) is 33.1 Å². The number of aromatic nitrogens is 4. The van der Waals surface area contributed by atoms with Gasteiger partial charge in [-0.15, -0.1) is 0 Å². The van der Waals surface area contributed by atoms with Gasteiger partial charge in [0.1, 0.15) is 41.9 Å². The average Bonchev–Trinajstić information content (AvgIpc) is 3.66. The number of nitrogens with zero attached hydrogens (tertiary/aromatic N) is 4. The number of carbonyl (C=O) groups is 1. The highest BCUT2D eigenvalue weighted by Crippen LogP contribution is 2.63. The van der Waals surface area contributed by atoms with Gasteiger partial charge in [0.15, 0.2) is 23.9 Å². The number of phosphoric acid groups is 1. The maximum atomic E-state index is 15.5. The molecule has 0 amide bonds. The van der Waals surface area contributed by atoms with Crippen molar-refractivity contribution in [3.63, 3.8) is 0 Å². The van der Waals surface area contributed by atoms with Gasteiger partial charge in [0, 0.05) is 7.11 Å². The molecule has 1 aliphatic heterocycles. The van der Waals surface area contributed by atoms with E-state index in [0.717, 1.165) is 43.1 Å². The molecule has 19 heteroatoms. The highest BCUT2D eigenvalue weighted by atomic mass is 31.3. The van der Waals surface area contributed by atoms with Crippen molar-refractivity contribution in [2.75, 3.05) is 19.5 Å². The van der Waals surface area contributed by atoms with E-state index in [2.05, 4.69) is 20.0 Å². The van der Waals surface area contributed by atoms with E-state index in [9.17, 15) is 19.0 Å². The Morgan fingerprint density at radius 1 is 1.16 bits per heavy atom.